The van der Waals surface area contributed by atoms with Crippen molar-refractivity contribution in [2.45, 2.75) is 26.2 Å². The van der Waals surface area contributed by atoms with Gasteiger partial charge in [0.15, 0.2) is 0 Å². The average Bonchev–Trinajstić information content (AvgIpc) is 2.18. The molecule has 16 heavy (non-hydrogen) atoms. The number of ether oxygens (including phenoxy) is 1. The van der Waals surface area contributed by atoms with E-state index in [1.54, 1.807) is 0 Å². The molecule has 0 radical (unpaired) electrons. The number of hydrogen-bond donors (Lipinski definition) is 1. The van der Waals surface area contributed by atoms with Crippen LogP contribution in [-0.2, 0) is 10.2 Å². The second-order valence-corrected chi connectivity index (χ2v) is 5.40. The molecule has 1 rings (SSSR count). The number of aromatic amines is 1. The Morgan fingerprint density at radius 1 is 1.44 bits per heavy atom. The van der Waals surface area contributed by atoms with Crippen LogP contribution < -0.4 is 5.56 Å². The van der Waals surface area contributed by atoms with E-state index in [0.717, 1.165) is 0 Å². The number of halogens is 1. The lowest BCUT2D eigenvalue weighted by Crippen LogP contribution is -2.27. The van der Waals surface area contributed by atoms with Crippen molar-refractivity contribution in [2.75, 3.05) is 7.11 Å². The minimum Gasteiger partial charge on any atom is -0.463 e. The lowest BCUT2D eigenvalue weighted by atomic mass is 9.92. The van der Waals surface area contributed by atoms with Crippen molar-refractivity contribution in [3.05, 3.63) is 25.4 Å². The number of carbonyl (C=O) groups excluding carboxylic acids is 1. The van der Waals surface area contributed by atoms with Crippen LogP contribution in [0.1, 0.15) is 37.1 Å². The Morgan fingerprint density at radius 2 is 2.00 bits per heavy atom. The molecule has 0 amide bonds. The molecule has 0 spiro atoms. The van der Waals surface area contributed by atoms with Crippen molar-refractivity contribution in [1.29, 1.82) is 0 Å². The summed E-state index contributed by atoms with van der Waals surface area (Å²) >= 11 is 1.92. The van der Waals surface area contributed by atoms with Gasteiger partial charge in [0, 0.05) is 5.41 Å². The van der Waals surface area contributed by atoms with Crippen molar-refractivity contribution >= 4 is 28.6 Å². The number of H-pyrrole nitrogens is 1. The molecule has 0 fully saturated rings. The summed E-state index contributed by atoms with van der Waals surface area (Å²) in [5.74, 6) is -0.697. The van der Waals surface area contributed by atoms with Crippen molar-refractivity contribution in [1.82, 2.24) is 9.97 Å². The Kier molecular flexibility index (Phi) is 3.72. The molecule has 1 aromatic rings. The van der Waals surface area contributed by atoms with Gasteiger partial charge in [0.1, 0.15) is 3.57 Å². The van der Waals surface area contributed by atoms with E-state index in [4.69, 9.17) is 0 Å². The maximum atomic E-state index is 11.6. The van der Waals surface area contributed by atoms with Crippen LogP contribution in [0.25, 0.3) is 0 Å². The number of hydrogen-bond acceptors (Lipinski definition) is 4. The summed E-state index contributed by atoms with van der Waals surface area (Å²) in [5, 5.41) is 0. The molecular weight excluding hydrogens is 323 g/mol. The molecule has 6 heteroatoms. The van der Waals surface area contributed by atoms with Crippen LogP contribution in [0.5, 0.6) is 0 Å². The summed E-state index contributed by atoms with van der Waals surface area (Å²) in [6.45, 7) is 5.79. The summed E-state index contributed by atoms with van der Waals surface area (Å²) in [7, 11) is 1.25. The van der Waals surface area contributed by atoms with Crippen molar-refractivity contribution < 1.29 is 9.53 Å². The first kappa shape index (κ1) is 13.1. The van der Waals surface area contributed by atoms with Crippen molar-refractivity contribution in [3.8, 4) is 0 Å². The first-order chi connectivity index (χ1) is 7.27. The predicted molar refractivity (Wildman–Crippen MR) is 67.6 cm³/mol. The quantitative estimate of drug-likeness (QED) is 0.623. The van der Waals surface area contributed by atoms with Gasteiger partial charge in [0.2, 0.25) is 5.82 Å². The zero-order valence-corrected chi connectivity index (χ0v) is 11.7. The summed E-state index contributed by atoms with van der Waals surface area (Å²) in [6.07, 6.45) is 0. The highest BCUT2D eigenvalue weighted by Gasteiger charge is 2.23. The van der Waals surface area contributed by atoms with Crippen molar-refractivity contribution in [3.63, 3.8) is 0 Å². The predicted octanol–water partition coefficient (Wildman–Crippen LogP) is 1.46. The van der Waals surface area contributed by atoms with E-state index in [2.05, 4.69) is 14.7 Å². The third-order valence-corrected chi connectivity index (χ3v) is 2.95. The van der Waals surface area contributed by atoms with Crippen LogP contribution in [-0.4, -0.2) is 23.0 Å². The van der Waals surface area contributed by atoms with Gasteiger partial charge in [-0.3, -0.25) is 9.78 Å². The van der Waals surface area contributed by atoms with Crippen molar-refractivity contribution in [2.24, 2.45) is 0 Å². The molecule has 0 aromatic carbocycles. The molecule has 0 saturated carbocycles. The molecule has 1 aromatic heterocycles. The number of nitrogens with zero attached hydrogens (tertiary/aromatic N) is 1. The van der Waals surface area contributed by atoms with E-state index in [9.17, 15) is 9.59 Å². The normalized spacial score (nSPS) is 11.3. The fourth-order valence-corrected chi connectivity index (χ4v) is 2.21. The van der Waals surface area contributed by atoms with Crippen LogP contribution in [0.2, 0.25) is 0 Å². The molecule has 1 heterocycles. The summed E-state index contributed by atoms with van der Waals surface area (Å²) in [4.78, 5) is 29.4. The number of methoxy groups -OCH3 is 1. The Balaban J connectivity index is 3.46. The van der Waals surface area contributed by atoms with Gasteiger partial charge < -0.3 is 4.74 Å². The zero-order valence-electron chi connectivity index (χ0n) is 9.55. The van der Waals surface area contributed by atoms with E-state index < -0.39 is 5.97 Å². The van der Waals surface area contributed by atoms with Gasteiger partial charge in [0.05, 0.1) is 12.8 Å². The van der Waals surface area contributed by atoms with Crippen LogP contribution in [0.15, 0.2) is 4.79 Å². The molecule has 0 unspecified atom stereocenters. The Morgan fingerprint density at radius 3 is 2.44 bits per heavy atom. The number of carbonyl (C=O) groups is 1. The largest absolute Gasteiger partial charge is 0.463 e. The van der Waals surface area contributed by atoms with E-state index in [1.807, 2.05) is 43.4 Å². The number of aromatic nitrogens is 2. The van der Waals surface area contributed by atoms with Crippen LogP contribution in [0.4, 0.5) is 0 Å². The smallest absolute Gasteiger partial charge is 0.374 e. The Labute approximate surface area is 107 Å². The van der Waals surface area contributed by atoms with Gasteiger partial charge in [-0.1, -0.05) is 20.8 Å². The maximum absolute atomic E-state index is 11.6. The minimum absolute atomic E-state index is 0.0576. The number of nitrogens with one attached hydrogen (secondary N) is 1. The molecule has 1 N–H and O–H groups in total. The van der Waals surface area contributed by atoms with E-state index in [0.29, 0.717) is 9.26 Å². The maximum Gasteiger partial charge on any atom is 0.374 e. The number of rotatable bonds is 1. The van der Waals surface area contributed by atoms with Gasteiger partial charge in [-0.05, 0) is 22.6 Å². The highest BCUT2D eigenvalue weighted by atomic mass is 127. The summed E-state index contributed by atoms with van der Waals surface area (Å²) in [5.41, 5.74) is -0.0220. The fourth-order valence-electron chi connectivity index (χ4n) is 1.15. The number of esters is 1. The Bertz CT molecular complexity index is 474. The SMILES string of the molecule is COC(=O)c1nc(C(C)(C)C)c(I)c(=O)[nH]1. The molecule has 0 aliphatic rings. The highest BCUT2D eigenvalue weighted by Crippen LogP contribution is 2.22. The van der Waals surface area contributed by atoms with E-state index in [-0.39, 0.29) is 16.8 Å². The van der Waals surface area contributed by atoms with Crippen LogP contribution >= 0.6 is 22.6 Å². The van der Waals surface area contributed by atoms with Crippen LogP contribution in [0, 0.1) is 3.57 Å². The fraction of sp³-hybridized carbons (Fsp3) is 0.500. The molecule has 0 atom stereocenters. The second kappa shape index (κ2) is 4.52. The molecule has 0 aliphatic carbocycles. The average molecular weight is 336 g/mol. The first-order valence-electron chi connectivity index (χ1n) is 4.66. The van der Waals surface area contributed by atoms with Gasteiger partial charge in [0.25, 0.3) is 5.56 Å². The van der Waals surface area contributed by atoms with Crippen LogP contribution in [0.3, 0.4) is 0 Å². The minimum atomic E-state index is -0.640. The zero-order chi connectivity index (χ0) is 12.5. The third-order valence-electron chi connectivity index (χ3n) is 1.95. The Hall–Kier alpha value is -0.920. The molecule has 88 valence electrons. The topological polar surface area (TPSA) is 72.0 Å². The van der Waals surface area contributed by atoms with Gasteiger partial charge in [-0.25, -0.2) is 9.78 Å². The monoisotopic (exact) mass is 336 g/mol. The highest BCUT2D eigenvalue weighted by molar-refractivity contribution is 14.1. The third kappa shape index (κ3) is 2.60. The van der Waals surface area contributed by atoms with Gasteiger partial charge >= 0.3 is 5.97 Å². The molecule has 0 bridgehead atoms. The summed E-state index contributed by atoms with van der Waals surface area (Å²) in [6, 6.07) is 0. The second-order valence-electron chi connectivity index (χ2n) is 4.32. The van der Waals surface area contributed by atoms with Gasteiger partial charge in [-0.15, -0.1) is 0 Å². The molecular formula is C10H13IN2O3. The molecule has 0 aliphatic heterocycles. The molecule has 5 nitrogen and oxygen atoms in total. The van der Waals surface area contributed by atoms with E-state index >= 15 is 0 Å². The molecule has 0 saturated heterocycles. The standard InChI is InChI=1S/C10H13IN2O3/c1-10(2,3)6-5(11)8(14)13-7(12-6)9(15)16-4/h1-4H3,(H,12,13,14). The van der Waals surface area contributed by atoms with Gasteiger partial charge in [-0.2, -0.15) is 0 Å². The lowest BCUT2D eigenvalue weighted by Gasteiger charge is -2.19. The first-order valence-corrected chi connectivity index (χ1v) is 5.74. The lowest BCUT2D eigenvalue weighted by molar-refractivity contribution is 0.0585. The summed E-state index contributed by atoms with van der Waals surface area (Å²) < 4.78 is 5.02. The van der Waals surface area contributed by atoms with E-state index in [1.165, 1.54) is 7.11 Å².